The van der Waals surface area contributed by atoms with Crippen molar-refractivity contribution in [2.75, 3.05) is 7.05 Å². The number of aromatic nitrogens is 2. The van der Waals surface area contributed by atoms with Crippen molar-refractivity contribution in [1.82, 2.24) is 14.8 Å². The Balaban J connectivity index is 2.68. The molecule has 1 aromatic carbocycles. The molecule has 2 rings (SSSR count). The van der Waals surface area contributed by atoms with E-state index in [1.54, 1.807) is 6.92 Å². The molecule has 0 unspecified atom stereocenters. The van der Waals surface area contributed by atoms with Gasteiger partial charge in [-0.15, -0.1) is 0 Å². The van der Waals surface area contributed by atoms with Crippen molar-refractivity contribution >= 4 is 30.4 Å². The maximum Gasteiger partial charge on any atom is 0.334 e. The van der Waals surface area contributed by atoms with E-state index in [-0.39, 0.29) is 16.1 Å². The molecule has 0 saturated heterocycles. The fraction of sp³-hybridized carbons (Fsp3) is 0.158. The summed E-state index contributed by atoms with van der Waals surface area (Å²) in [5, 5.41) is 28.4. The lowest BCUT2D eigenvalue weighted by atomic mass is 10.0. The quantitative estimate of drug-likeness (QED) is 0.259. The Morgan fingerprint density at radius 1 is 1.34 bits per heavy atom. The van der Waals surface area contributed by atoms with Gasteiger partial charge in [0.2, 0.25) is 0 Å². The Bertz CT molecular complexity index is 1160. The van der Waals surface area contributed by atoms with Crippen LogP contribution in [0, 0.1) is 22.0 Å². The van der Waals surface area contributed by atoms with Crippen molar-refractivity contribution in [2.45, 2.75) is 12.8 Å². The van der Waals surface area contributed by atoms with E-state index in [0.717, 1.165) is 29.4 Å². The van der Waals surface area contributed by atoms with Gasteiger partial charge in [-0.2, -0.15) is 18.6 Å². The largest absolute Gasteiger partial charge is 0.334 e. The molecule has 7 nitrogen and oxygen atoms in total. The normalized spacial score (nSPS) is 12.8. The highest BCUT2D eigenvalue weighted by Gasteiger charge is 2.42. The van der Waals surface area contributed by atoms with Gasteiger partial charge in [0.25, 0.3) is 0 Å². The van der Waals surface area contributed by atoms with Crippen LogP contribution in [-0.4, -0.2) is 33.9 Å². The summed E-state index contributed by atoms with van der Waals surface area (Å²) in [6.07, 6.45) is 3.79. The van der Waals surface area contributed by atoms with Crippen molar-refractivity contribution in [3.63, 3.8) is 0 Å². The second kappa shape index (κ2) is 8.23. The van der Waals surface area contributed by atoms with Crippen molar-refractivity contribution < 1.29 is 13.2 Å². The number of benzene rings is 1. The average Bonchev–Trinajstić information content (AvgIpc) is 2.65. The Labute approximate surface area is 164 Å². The van der Waals surface area contributed by atoms with Gasteiger partial charge in [0.1, 0.15) is 11.3 Å². The first kappa shape index (κ1) is 21.8. The van der Waals surface area contributed by atoms with Crippen LogP contribution < -0.4 is 21.8 Å². The summed E-state index contributed by atoms with van der Waals surface area (Å²) in [5.74, 6) is -1.28. The number of rotatable bonds is 5. The lowest BCUT2D eigenvalue weighted by Gasteiger charge is -2.20. The third-order valence-electron chi connectivity index (χ3n) is 4.02. The van der Waals surface area contributed by atoms with E-state index in [2.05, 4.69) is 11.7 Å². The van der Waals surface area contributed by atoms with Crippen LogP contribution in [0.3, 0.4) is 0 Å². The molecule has 0 aliphatic carbocycles. The zero-order valence-electron chi connectivity index (χ0n) is 15.8. The standard InChI is InChI=1S/C19H20F3N7/c1-4-12(9-23)16-5-6-17(24)29(27-16)18(25)19(21,22)14-8-13(10-28(3)26)11(2)7-15(14)20/h4-10,23-25H,2,26H2,1,3H3/b12-4+,13-10-,23-9?,24-17?,25-18?. The molecule has 0 fully saturated rings. The molecule has 1 heterocycles. The molecule has 5 N–H and O–H groups in total. The zero-order chi connectivity index (χ0) is 21.9. The highest BCUT2D eigenvalue weighted by atomic mass is 19.3. The van der Waals surface area contributed by atoms with Crippen LogP contribution in [0.25, 0.3) is 18.4 Å². The van der Waals surface area contributed by atoms with Gasteiger partial charge >= 0.3 is 5.92 Å². The predicted octanol–water partition coefficient (Wildman–Crippen LogP) is 1.13. The van der Waals surface area contributed by atoms with Crippen LogP contribution in [-0.2, 0) is 5.92 Å². The predicted molar refractivity (Wildman–Crippen MR) is 105 cm³/mol. The van der Waals surface area contributed by atoms with Crippen molar-refractivity contribution in [2.24, 2.45) is 5.84 Å². The Morgan fingerprint density at radius 2 is 2.00 bits per heavy atom. The minimum atomic E-state index is -4.11. The number of halogens is 3. The number of allylic oxidation sites excluding steroid dienone is 2. The summed E-state index contributed by atoms with van der Waals surface area (Å²) >= 11 is 0. The lowest BCUT2D eigenvalue weighted by Crippen LogP contribution is -2.41. The van der Waals surface area contributed by atoms with Crippen LogP contribution in [0.1, 0.15) is 18.2 Å². The molecule has 0 aliphatic rings. The maximum atomic E-state index is 15.1. The highest BCUT2D eigenvalue weighted by molar-refractivity contribution is 6.07. The van der Waals surface area contributed by atoms with Crippen molar-refractivity contribution in [3.8, 4) is 0 Å². The fourth-order valence-electron chi connectivity index (χ4n) is 2.52. The summed E-state index contributed by atoms with van der Waals surface area (Å²) < 4.78 is 44.9. The molecular weight excluding hydrogens is 383 g/mol. The molecule has 29 heavy (non-hydrogen) atoms. The monoisotopic (exact) mass is 403 g/mol. The molecule has 0 aliphatic heterocycles. The van der Waals surface area contributed by atoms with E-state index < -0.39 is 28.6 Å². The number of alkyl halides is 2. The Morgan fingerprint density at radius 3 is 2.55 bits per heavy atom. The molecule has 0 saturated carbocycles. The van der Waals surface area contributed by atoms with E-state index in [1.807, 2.05) is 0 Å². The molecule has 10 heteroatoms. The number of hydrazine groups is 1. The van der Waals surface area contributed by atoms with Crippen LogP contribution >= 0.6 is 0 Å². The highest BCUT2D eigenvalue weighted by Crippen LogP contribution is 2.30. The van der Waals surface area contributed by atoms with Gasteiger partial charge in [-0.1, -0.05) is 12.7 Å². The number of hydrogen-bond donors (Lipinski definition) is 4. The van der Waals surface area contributed by atoms with Gasteiger partial charge in [-0.05, 0) is 41.6 Å². The third-order valence-corrected chi connectivity index (χ3v) is 4.02. The summed E-state index contributed by atoms with van der Waals surface area (Å²) in [6.45, 7) is 5.23. The first-order valence-corrected chi connectivity index (χ1v) is 8.30. The van der Waals surface area contributed by atoms with E-state index in [0.29, 0.717) is 10.3 Å². The number of nitrogens with zero attached hydrogens (tertiary/aromatic N) is 3. The number of nitrogens with one attached hydrogen (secondary N) is 3. The van der Waals surface area contributed by atoms with Crippen LogP contribution in [0.4, 0.5) is 13.2 Å². The van der Waals surface area contributed by atoms with Crippen LogP contribution in [0.15, 0.2) is 30.3 Å². The second-order valence-electron chi connectivity index (χ2n) is 6.15. The molecule has 0 spiro atoms. The maximum absolute atomic E-state index is 15.1. The minimum absolute atomic E-state index is 0.117. The third kappa shape index (κ3) is 4.32. The molecule has 0 amide bonds. The first-order valence-electron chi connectivity index (χ1n) is 8.30. The molecule has 0 atom stereocenters. The van der Waals surface area contributed by atoms with Crippen molar-refractivity contribution in [1.29, 1.82) is 16.2 Å². The van der Waals surface area contributed by atoms with Gasteiger partial charge < -0.3 is 10.4 Å². The van der Waals surface area contributed by atoms with Crippen LogP contribution in [0.2, 0.25) is 0 Å². The minimum Gasteiger partial charge on any atom is -0.321 e. The van der Waals surface area contributed by atoms with Gasteiger partial charge in [-0.3, -0.25) is 10.8 Å². The topological polar surface area (TPSA) is 119 Å². The molecule has 1 aromatic heterocycles. The second-order valence-corrected chi connectivity index (χ2v) is 6.15. The van der Waals surface area contributed by atoms with Gasteiger partial charge in [-0.25, -0.2) is 10.2 Å². The summed E-state index contributed by atoms with van der Waals surface area (Å²) in [5.41, 5.74) is -1.14. The van der Waals surface area contributed by atoms with E-state index in [9.17, 15) is 4.39 Å². The molecule has 0 bridgehead atoms. The van der Waals surface area contributed by atoms with E-state index in [1.165, 1.54) is 25.4 Å². The number of hydrogen-bond acceptors (Lipinski definition) is 6. The summed E-state index contributed by atoms with van der Waals surface area (Å²) in [6, 6.07) is 4.22. The van der Waals surface area contributed by atoms with Crippen LogP contribution in [0.5, 0.6) is 0 Å². The summed E-state index contributed by atoms with van der Waals surface area (Å²) in [4.78, 5) is 0. The molecular formula is C19H20F3N7. The van der Waals surface area contributed by atoms with Gasteiger partial charge in [0.05, 0.1) is 11.3 Å². The average molecular weight is 403 g/mol. The van der Waals surface area contributed by atoms with Gasteiger partial charge in [0.15, 0.2) is 5.84 Å². The molecule has 152 valence electrons. The molecule has 0 radical (unpaired) electrons. The van der Waals surface area contributed by atoms with E-state index >= 15 is 8.78 Å². The fourth-order valence-corrected chi connectivity index (χ4v) is 2.52. The lowest BCUT2D eigenvalue weighted by molar-refractivity contribution is 0.0652. The number of nitrogens with two attached hydrogens (primary N) is 1. The zero-order valence-corrected chi connectivity index (χ0v) is 15.8. The smallest absolute Gasteiger partial charge is 0.321 e. The Hall–Kier alpha value is -3.53. The summed E-state index contributed by atoms with van der Waals surface area (Å²) in [7, 11) is 1.46. The van der Waals surface area contributed by atoms with Crippen molar-refractivity contribution in [3.05, 3.63) is 63.3 Å². The van der Waals surface area contributed by atoms with Gasteiger partial charge in [0, 0.05) is 25.0 Å². The SMILES string of the molecule is C=c1cc(F)c(C(F)(F)C(=N)n2nc(/C(C=N)=C/C)ccc2=N)c/c1=C/N(C)N. The Kier molecular flexibility index (Phi) is 6.18. The first-order chi connectivity index (χ1) is 13.5. The molecule has 2 aromatic rings. The van der Waals surface area contributed by atoms with E-state index in [4.69, 9.17) is 22.1 Å².